The van der Waals surface area contributed by atoms with Crippen molar-refractivity contribution < 1.29 is 9.59 Å². The third-order valence-corrected chi connectivity index (χ3v) is 3.99. The van der Waals surface area contributed by atoms with E-state index in [1.165, 1.54) is 23.4 Å². The summed E-state index contributed by atoms with van der Waals surface area (Å²) in [6.45, 7) is 5.07. The molecule has 7 nitrogen and oxygen atoms in total. The maximum absolute atomic E-state index is 12.2. The van der Waals surface area contributed by atoms with Gasteiger partial charge < -0.3 is 4.98 Å². The number of aromatic nitrogens is 5. The second-order valence-electron chi connectivity index (χ2n) is 4.48. The van der Waals surface area contributed by atoms with Crippen molar-refractivity contribution >= 4 is 23.3 Å². The normalized spacial score (nSPS) is 10.8. The minimum absolute atomic E-state index is 0.0412. The predicted molar refractivity (Wildman–Crippen MR) is 74.1 cm³/mol. The summed E-state index contributed by atoms with van der Waals surface area (Å²) in [7, 11) is 1.71. The highest BCUT2D eigenvalue weighted by molar-refractivity contribution is 7.99. The van der Waals surface area contributed by atoms with Gasteiger partial charge in [0, 0.05) is 18.3 Å². The number of ketones is 2. The Kier molecular flexibility index (Phi) is 4.03. The molecule has 2 heterocycles. The monoisotopic (exact) mass is 293 g/mol. The first-order chi connectivity index (χ1) is 9.41. The number of aromatic amines is 1. The fourth-order valence-corrected chi connectivity index (χ4v) is 2.82. The largest absolute Gasteiger partial charge is 0.355 e. The third-order valence-electron chi connectivity index (χ3n) is 2.98. The molecule has 0 amide bonds. The van der Waals surface area contributed by atoms with Crippen molar-refractivity contribution in [3.05, 3.63) is 22.5 Å². The van der Waals surface area contributed by atoms with Crippen LogP contribution in [0.1, 0.15) is 39.0 Å². The number of hydrogen-bond donors (Lipinski definition) is 1. The molecule has 0 radical (unpaired) electrons. The number of hydrogen-bond acceptors (Lipinski definition) is 6. The van der Waals surface area contributed by atoms with Gasteiger partial charge in [0.2, 0.25) is 5.16 Å². The number of H-pyrrole nitrogens is 1. The second-order valence-corrected chi connectivity index (χ2v) is 5.42. The molecule has 0 bridgehead atoms. The van der Waals surface area contributed by atoms with Crippen LogP contribution < -0.4 is 0 Å². The molecule has 0 aliphatic heterocycles. The molecule has 0 saturated heterocycles. The molecule has 20 heavy (non-hydrogen) atoms. The molecule has 2 aromatic rings. The van der Waals surface area contributed by atoms with Gasteiger partial charge in [-0.3, -0.25) is 9.59 Å². The van der Waals surface area contributed by atoms with E-state index in [1.54, 1.807) is 20.9 Å². The smallest absolute Gasteiger partial charge is 0.209 e. The first-order valence-electron chi connectivity index (χ1n) is 6.00. The summed E-state index contributed by atoms with van der Waals surface area (Å²) in [6.07, 6.45) is 0. The van der Waals surface area contributed by atoms with Crippen LogP contribution in [0.15, 0.2) is 5.16 Å². The Morgan fingerprint density at radius 3 is 2.55 bits per heavy atom. The highest BCUT2D eigenvalue weighted by Gasteiger charge is 2.20. The summed E-state index contributed by atoms with van der Waals surface area (Å²) in [5.74, 6) is 0.0957. The summed E-state index contributed by atoms with van der Waals surface area (Å²) in [5, 5.41) is 11.6. The lowest BCUT2D eigenvalue weighted by molar-refractivity contribution is 0.101. The van der Waals surface area contributed by atoms with E-state index in [2.05, 4.69) is 20.5 Å². The van der Waals surface area contributed by atoms with Gasteiger partial charge in [-0.2, -0.15) is 0 Å². The molecule has 2 aromatic heterocycles. The van der Waals surface area contributed by atoms with E-state index in [4.69, 9.17) is 0 Å². The van der Waals surface area contributed by atoms with Crippen LogP contribution in [-0.2, 0) is 7.05 Å². The van der Waals surface area contributed by atoms with Crippen molar-refractivity contribution in [2.75, 3.05) is 5.75 Å². The maximum Gasteiger partial charge on any atom is 0.209 e. The molecule has 106 valence electrons. The van der Waals surface area contributed by atoms with Gasteiger partial charge in [-0.25, -0.2) is 4.68 Å². The lowest BCUT2D eigenvalue weighted by Gasteiger charge is -2.00. The number of tetrazole rings is 1. The molecule has 0 aliphatic carbocycles. The second kappa shape index (κ2) is 5.58. The minimum Gasteiger partial charge on any atom is -0.355 e. The van der Waals surface area contributed by atoms with Crippen molar-refractivity contribution in [2.45, 2.75) is 25.9 Å². The van der Waals surface area contributed by atoms with E-state index in [9.17, 15) is 9.59 Å². The van der Waals surface area contributed by atoms with Crippen LogP contribution in [0, 0.1) is 13.8 Å². The number of nitrogens with one attached hydrogen (secondary N) is 1. The van der Waals surface area contributed by atoms with Crippen molar-refractivity contribution in [1.82, 2.24) is 25.2 Å². The van der Waals surface area contributed by atoms with Crippen LogP contribution in [-0.4, -0.2) is 42.5 Å². The standard InChI is InChI=1S/C12H15N5O2S/c1-6-10(8(3)18)7(2)13-11(6)9(19)5-20-12-14-15-16-17(12)4/h13H,5H2,1-4H3. The number of carbonyl (C=O) groups is 2. The van der Waals surface area contributed by atoms with Crippen LogP contribution >= 0.6 is 11.8 Å². The average molecular weight is 293 g/mol. The lowest BCUT2D eigenvalue weighted by atomic mass is 10.1. The summed E-state index contributed by atoms with van der Waals surface area (Å²) < 4.78 is 1.51. The van der Waals surface area contributed by atoms with E-state index < -0.39 is 0 Å². The Hall–Kier alpha value is -1.96. The fraction of sp³-hybridized carbons (Fsp3) is 0.417. The van der Waals surface area contributed by atoms with Gasteiger partial charge in [0.15, 0.2) is 11.6 Å². The minimum atomic E-state index is -0.0777. The number of thioether (sulfide) groups is 1. The summed E-state index contributed by atoms with van der Waals surface area (Å²) in [6, 6.07) is 0. The summed E-state index contributed by atoms with van der Waals surface area (Å²) in [4.78, 5) is 26.8. The molecule has 0 saturated carbocycles. The molecule has 1 N–H and O–H groups in total. The number of aryl methyl sites for hydroxylation is 2. The van der Waals surface area contributed by atoms with E-state index >= 15 is 0 Å². The van der Waals surface area contributed by atoms with Crippen molar-refractivity contribution in [3.8, 4) is 0 Å². The van der Waals surface area contributed by atoms with E-state index in [1.807, 2.05) is 0 Å². The number of Topliss-reactive ketones (excluding diaryl/α,β-unsaturated/α-hetero) is 2. The highest BCUT2D eigenvalue weighted by Crippen LogP contribution is 2.21. The Labute approximate surface area is 120 Å². The SMILES string of the molecule is CC(=O)c1c(C)[nH]c(C(=O)CSc2nnnn2C)c1C. The Bertz CT molecular complexity index is 673. The molecule has 0 spiro atoms. The average Bonchev–Trinajstić information content (AvgIpc) is 2.90. The first-order valence-corrected chi connectivity index (χ1v) is 6.98. The summed E-state index contributed by atoms with van der Waals surface area (Å²) in [5.41, 5.74) is 2.51. The molecular weight excluding hydrogens is 278 g/mol. The maximum atomic E-state index is 12.2. The third kappa shape index (κ3) is 2.64. The Balaban J connectivity index is 2.16. The highest BCUT2D eigenvalue weighted by atomic mass is 32.2. The zero-order valence-electron chi connectivity index (χ0n) is 11.7. The van der Waals surface area contributed by atoms with Crippen LogP contribution in [0.2, 0.25) is 0 Å². The van der Waals surface area contributed by atoms with Crippen molar-refractivity contribution in [3.63, 3.8) is 0 Å². The van der Waals surface area contributed by atoms with Gasteiger partial charge in [-0.05, 0) is 36.8 Å². The van der Waals surface area contributed by atoms with Crippen LogP contribution in [0.3, 0.4) is 0 Å². The zero-order chi connectivity index (χ0) is 14.9. The van der Waals surface area contributed by atoms with Gasteiger partial charge in [-0.1, -0.05) is 11.8 Å². The van der Waals surface area contributed by atoms with E-state index in [0.717, 1.165) is 5.69 Å². The van der Waals surface area contributed by atoms with Gasteiger partial charge in [0.1, 0.15) is 0 Å². The topological polar surface area (TPSA) is 93.5 Å². The zero-order valence-corrected chi connectivity index (χ0v) is 12.5. The Morgan fingerprint density at radius 2 is 2.05 bits per heavy atom. The van der Waals surface area contributed by atoms with Gasteiger partial charge in [-0.15, -0.1) is 5.10 Å². The molecule has 8 heteroatoms. The molecular formula is C12H15N5O2S. The number of nitrogens with zero attached hydrogens (tertiary/aromatic N) is 4. The predicted octanol–water partition coefficient (Wildman–Crippen LogP) is 1.33. The molecule has 0 unspecified atom stereocenters. The van der Waals surface area contributed by atoms with Crippen LogP contribution in [0.25, 0.3) is 0 Å². The fourth-order valence-electron chi connectivity index (χ4n) is 2.10. The van der Waals surface area contributed by atoms with Crippen LogP contribution in [0.5, 0.6) is 0 Å². The van der Waals surface area contributed by atoms with Crippen molar-refractivity contribution in [2.24, 2.45) is 7.05 Å². The van der Waals surface area contributed by atoms with E-state index in [0.29, 0.717) is 22.0 Å². The number of carbonyl (C=O) groups excluding carboxylic acids is 2. The molecule has 2 rings (SSSR count). The molecule has 0 aromatic carbocycles. The van der Waals surface area contributed by atoms with Gasteiger partial charge in [0.05, 0.1) is 11.4 Å². The Morgan fingerprint density at radius 1 is 1.35 bits per heavy atom. The van der Waals surface area contributed by atoms with Crippen molar-refractivity contribution in [1.29, 1.82) is 0 Å². The van der Waals surface area contributed by atoms with Gasteiger partial charge >= 0.3 is 0 Å². The number of rotatable bonds is 5. The van der Waals surface area contributed by atoms with E-state index in [-0.39, 0.29) is 17.3 Å². The van der Waals surface area contributed by atoms with Gasteiger partial charge in [0.25, 0.3) is 0 Å². The quantitative estimate of drug-likeness (QED) is 0.660. The van der Waals surface area contributed by atoms with Crippen LogP contribution in [0.4, 0.5) is 0 Å². The first kappa shape index (κ1) is 14.4. The molecule has 0 aliphatic rings. The molecule has 0 atom stereocenters. The lowest BCUT2D eigenvalue weighted by Crippen LogP contribution is -2.06. The molecule has 0 fully saturated rings. The summed E-state index contributed by atoms with van der Waals surface area (Å²) >= 11 is 1.26.